The minimum atomic E-state index is 0.601. The third-order valence-corrected chi connectivity index (χ3v) is 2.78. The largest absolute Gasteiger partial charge is 0.399 e. The summed E-state index contributed by atoms with van der Waals surface area (Å²) in [6.45, 7) is 2.50. The van der Waals surface area contributed by atoms with E-state index in [1.165, 1.54) is 0 Å². The van der Waals surface area contributed by atoms with Gasteiger partial charge in [-0.05, 0) is 41.1 Å². The molecule has 0 saturated carbocycles. The van der Waals surface area contributed by atoms with Gasteiger partial charge in [0.2, 0.25) is 0 Å². The highest BCUT2D eigenvalue weighted by Crippen LogP contribution is 2.25. The number of nitrogens with one attached hydrogen (secondary N) is 1. The second kappa shape index (κ2) is 4.57. The van der Waals surface area contributed by atoms with Gasteiger partial charge in [0.25, 0.3) is 0 Å². The molecule has 1 aromatic carbocycles. The molecule has 16 heavy (non-hydrogen) atoms. The lowest BCUT2D eigenvalue weighted by Gasteiger charge is -2.06. The lowest BCUT2D eigenvalue weighted by atomic mass is 10.3. The summed E-state index contributed by atoms with van der Waals surface area (Å²) >= 11 is 3.44. The van der Waals surface area contributed by atoms with Crippen LogP contribution >= 0.6 is 15.9 Å². The smallest absolute Gasteiger partial charge is 0.156 e. The Hall–Kier alpha value is -1.49. The number of halogens is 1. The maximum absolute atomic E-state index is 5.65. The Morgan fingerprint density at radius 2 is 2.25 bits per heavy atom. The van der Waals surface area contributed by atoms with Crippen LogP contribution in [0.2, 0.25) is 0 Å². The summed E-state index contributed by atoms with van der Waals surface area (Å²) in [6, 6.07) is 7.52. The molecule has 0 fully saturated rings. The zero-order valence-corrected chi connectivity index (χ0v) is 10.4. The maximum atomic E-state index is 5.65. The molecule has 0 bridgehead atoms. The molecular formula is C11H12BrN3O. The number of benzene rings is 1. The average molecular weight is 282 g/mol. The van der Waals surface area contributed by atoms with E-state index in [4.69, 9.17) is 10.3 Å². The van der Waals surface area contributed by atoms with E-state index in [0.717, 1.165) is 27.3 Å². The fraction of sp³-hybridized carbons (Fsp3) is 0.182. The normalized spacial score (nSPS) is 10.4. The number of hydrogen-bond acceptors (Lipinski definition) is 4. The standard InChI is InChI=1S/C11H12BrN3O/c1-7-4-9(16-15-7)6-14-11-3-2-8(13)5-10(11)12/h2-5,14H,6,13H2,1H3. The second-order valence-corrected chi connectivity index (χ2v) is 4.38. The van der Waals surface area contributed by atoms with Gasteiger partial charge in [-0.2, -0.15) is 0 Å². The fourth-order valence-electron chi connectivity index (χ4n) is 1.36. The predicted molar refractivity (Wildman–Crippen MR) is 67.1 cm³/mol. The predicted octanol–water partition coefficient (Wildman–Crippen LogP) is 2.94. The van der Waals surface area contributed by atoms with Crippen molar-refractivity contribution >= 4 is 27.3 Å². The van der Waals surface area contributed by atoms with E-state index >= 15 is 0 Å². The zero-order valence-electron chi connectivity index (χ0n) is 8.83. The second-order valence-electron chi connectivity index (χ2n) is 3.53. The summed E-state index contributed by atoms with van der Waals surface area (Å²) in [6.07, 6.45) is 0. The Morgan fingerprint density at radius 3 is 2.88 bits per heavy atom. The Kier molecular flexibility index (Phi) is 3.14. The summed E-state index contributed by atoms with van der Waals surface area (Å²) in [4.78, 5) is 0. The Labute approximate surface area is 102 Å². The third-order valence-electron chi connectivity index (χ3n) is 2.12. The van der Waals surface area contributed by atoms with E-state index in [0.29, 0.717) is 6.54 Å². The highest BCUT2D eigenvalue weighted by atomic mass is 79.9. The molecule has 2 aromatic rings. The van der Waals surface area contributed by atoms with Crippen molar-refractivity contribution in [1.82, 2.24) is 5.16 Å². The van der Waals surface area contributed by atoms with Gasteiger partial charge < -0.3 is 15.6 Å². The number of nitrogens with zero attached hydrogens (tertiary/aromatic N) is 1. The minimum Gasteiger partial charge on any atom is -0.399 e. The first-order valence-corrected chi connectivity index (χ1v) is 5.65. The molecule has 4 nitrogen and oxygen atoms in total. The molecule has 1 aromatic heterocycles. The number of nitrogen functional groups attached to an aromatic ring is 1. The Bertz CT molecular complexity index is 496. The molecule has 2 rings (SSSR count). The van der Waals surface area contributed by atoms with Crippen molar-refractivity contribution in [3.8, 4) is 0 Å². The molecule has 84 valence electrons. The van der Waals surface area contributed by atoms with Crippen molar-refractivity contribution in [2.75, 3.05) is 11.1 Å². The van der Waals surface area contributed by atoms with E-state index in [9.17, 15) is 0 Å². The van der Waals surface area contributed by atoms with Gasteiger partial charge in [0, 0.05) is 21.9 Å². The van der Waals surface area contributed by atoms with Crippen LogP contribution in [0, 0.1) is 6.92 Å². The fourth-order valence-corrected chi connectivity index (χ4v) is 1.89. The summed E-state index contributed by atoms with van der Waals surface area (Å²) in [5, 5.41) is 7.05. The first kappa shape index (κ1) is 11.0. The van der Waals surface area contributed by atoms with Crippen LogP contribution in [0.15, 0.2) is 33.3 Å². The molecule has 0 amide bonds. The van der Waals surface area contributed by atoms with Gasteiger partial charge in [0.15, 0.2) is 5.76 Å². The molecular weight excluding hydrogens is 270 g/mol. The lowest BCUT2D eigenvalue weighted by Crippen LogP contribution is -1.99. The molecule has 0 spiro atoms. The van der Waals surface area contributed by atoms with Crippen molar-refractivity contribution < 1.29 is 4.52 Å². The molecule has 0 unspecified atom stereocenters. The summed E-state index contributed by atoms with van der Waals surface area (Å²) in [7, 11) is 0. The van der Waals surface area contributed by atoms with Crippen molar-refractivity contribution in [3.05, 3.63) is 40.2 Å². The molecule has 1 heterocycles. The summed E-state index contributed by atoms with van der Waals surface area (Å²) in [5.41, 5.74) is 8.24. The van der Waals surface area contributed by atoms with Gasteiger partial charge in [0.05, 0.1) is 12.2 Å². The van der Waals surface area contributed by atoms with E-state index in [1.807, 2.05) is 31.2 Å². The third kappa shape index (κ3) is 2.55. The molecule has 0 aliphatic heterocycles. The van der Waals surface area contributed by atoms with Gasteiger partial charge >= 0.3 is 0 Å². The summed E-state index contributed by atoms with van der Waals surface area (Å²) < 4.78 is 6.03. The number of rotatable bonds is 3. The zero-order chi connectivity index (χ0) is 11.5. The van der Waals surface area contributed by atoms with Crippen molar-refractivity contribution in [2.45, 2.75) is 13.5 Å². The molecule has 0 radical (unpaired) electrons. The van der Waals surface area contributed by atoms with Gasteiger partial charge in [-0.25, -0.2) is 0 Å². The first-order chi connectivity index (χ1) is 7.65. The van der Waals surface area contributed by atoms with E-state index < -0.39 is 0 Å². The quantitative estimate of drug-likeness (QED) is 0.849. The maximum Gasteiger partial charge on any atom is 0.156 e. The van der Waals surface area contributed by atoms with Crippen molar-refractivity contribution in [1.29, 1.82) is 0 Å². The number of hydrogen-bond donors (Lipinski definition) is 2. The molecule has 5 heteroatoms. The highest BCUT2D eigenvalue weighted by Gasteiger charge is 2.03. The number of nitrogens with two attached hydrogens (primary N) is 1. The molecule has 0 atom stereocenters. The van der Waals surface area contributed by atoms with Gasteiger partial charge in [-0.3, -0.25) is 0 Å². The van der Waals surface area contributed by atoms with Crippen LogP contribution in [0.1, 0.15) is 11.5 Å². The average Bonchev–Trinajstić information content (AvgIpc) is 2.63. The minimum absolute atomic E-state index is 0.601. The molecule has 0 saturated heterocycles. The van der Waals surface area contributed by atoms with E-state index in [-0.39, 0.29) is 0 Å². The Morgan fingerprint density at radius 1 is 1.44 bits per heavy atom. The number of anilines is 2. The van der Waals surface area contributed by atoms with Crippen LogP contribution in [-0.2, 0) is 6.54 Å². The van der Waals surface area contributed by atoms with Crippen molar-refractivity contribution in [3.63, 3.8) is 0 Å². The van der Waals surface area contributed by atoms with Crippen LogP contribution < -0.4 is 11.1 Å². The van der Waals surface area contributed by atoms with Gasteiger partial charge in [0.1, 0.15) is 0 Å². The topological polar surface area (TPSA) is 64.1 Å². The SMILES string of the molecule is Cc1cc(CNc2ccc(N)cc2Br)on1. The number of aromatic nitrogens is 1. The van der Waals surface area contributed by atoms with Gasteiger partial charge in [-0.15, -0.1) is 0 Å². The Balaban J connectivity index is 2.04. The van der Waals surface area contributed by atoms with E-state index in [2.05, 4.69) is 26.4 Å². The molecule has 3 N–H and O–H groups in total. The first-order valence-electron chi connectivity index (χ1n) is 4.86. The monoisotopic (exact) mass is 281 g/mol. The summed E-state index contributed by atoms with van der Waals surface area (Å²) in [5.74, 6) is 0.807. The van der Waals surface area contributed by atoms with Crippen LogP contribution in [0.3, 0.4) is 0 Å². The van der Waals surface area contributed by atoms with Crippen LogP contribution in [0.4, 0.5) is 11.4 Å². The highest BCUT2D eigenvalue weighted by molar-refractivity contribution is 9.10. The number of aryl methyl sites for hydroxylation is 1. The van der Waals surface area contributed by atoms with E-state index in [1.54, 1.807) is 0 Å². The van der Waals surface area contributed by atoms with Crippen LogP contribution in [-0.4, -0.2) is 5.16 Å². The molecule has 0 aliphatic rings. The van der Waals surface area contributed by atoms with Crippen LogP contribution in [0.5, 0.6) is 0 Å². The lowest BCUT2D eigenvalue weighted by molar-refractivity contribution is 0.384. The molecule has 0 aliphatic carbocycles. The van der Waals surface area contributed by atoms with Crippen LogP contribution in [0.25, 0.3) is 0 Å². The van der Waals surface area contributed by atoms with Crippen molar-refractivity contribution in [2.24, 2.45) is 0 Å². The van der Waals surface area contributed by atoms with Gasteiger partial charge in [-0.1, -0.05) is 5.16 Å².